The van der Waals surface area contributed by atoms with Crippen LogP contribution in [-0.4, -0.2) is 19.6 Å². The third-order valence-electron chi connectivity index (χ3n) is 1.56. The van der Waals surface area contributed by atoms with Gasteiger partial charge in [0.2, 0.25) is 11.6 Å². The maximum atomic E-state index is 5.58. The zero-order valence-electron chi connectivity index (χ0n) is 6.52. The van der Waals surface area contributed by atoms with Gasteiger partial charge in [-0.05, 0) is 6.92 Å². The van der Waals surface area contributed by atoms with Gasteiger partial charge in [-0.2, -0.15) is 0 Å². The van der Waals surface area contributed by atoms with Gasteiger partial charge in [0.05, 0.1) is 5.69 Å². The summed E-state index contributed by atoms with van der Waals surface area (Å²) in [7, 11) is 0. The number of aryl methyl sites for hydroxylation is 1. The highest BCUT2D eigenvalue weighted by Crippen LogP contribution is 2.11. The molecular formula is C6H8N6. The molecule has 0 aromatic carbocycles. The van der Waals surface area contributed by atoms with Gasteiger partial charge in [0.15, 0.2) is 5.82 Å². The van der Waals surface area contributed by atoms with Crippen molar-refractivity contribution in [2.45, 2.75) is 6.92 Å². The molecule has 2 aromatic rings. The molecule has 0 unspecified atom stereocenters. The summed E-state index contributed by atoms with van der Waals surface area (Å²) in [6, 6.07) is 0. The van der Waals surface area contributed by atoms with Crippen molar-refractivity contribution < 1.29 is 0 Å². The number of anilines is 2. The van der Waals surface area contributed by atoms with E-state index in [0.29, 0.717) is 17.4 Å². The van der Waals surface area contributed by atoms with E-state index in [1.54, 1.807) is 10.6 Å². The lowest BCUT2D eigenvalue weighted by atomic mass is 10.5. The first kappa shape index (κ1) is 6.84. The number of fused-ring (bicyclic) bond motifs is 1. The normalized spacial score (nSPS) is 10.8. The minimum absolute atomic E-state index is 0.321. The van der Waals surface area contributed by atoms with Gasteiger partial charge in [-0.3, -0.25) is 4.40 Å². The van der Waals surface area contributed by atoms with Crippen molar-refractivity contribution in [3.05, 3.63) is 11.9 Å². The lowest BCUT2D eigenvalue weighted by molar-refractivity contribution is 1.08. The molecule has 0 atom stereocenters. The predicted molar refractivity (Wildman–Crippen MR) is 44.3 cm³/mol. The van der Waals surface area contributed by atoms with E-state index in [0.717, 1.165) is 5.69 Å². The summed E-state index contributed by atoms with van der Waals surface area (Å²) in [6.45, 7) is 1.83. The third kappa shape index (κ3) is 0.777. The number of aromatic nitrogens is 4. The molecule has 6 heteroatoms. The largest absolute Gasteiger partial charge is 0.381 e. The van der Waals surface area contributed by atoms with Gasteiger partial charge in [-0.1, -0.05) is 0 Å². The number of rotatable bonds is 0. The van der Waals surface area contributed by atoms with Crippen LogP contribution in [-0.2, 0) is 0 Å². The Hall–Kier alpha value is -1.85. The van der Waals surface area contributed by atoms with Crippen LogP contribution in [0.3, 0.4) is 0 Å². The van der Waals surface area contributed by atoms with E-state index >= 15 is 0 Å². The zero-order chi connectivity index (χ0) is 8.72. The van der Waals surface area contributed by atoms with E-state index in [-0.39, 0.29) is 0 Å². The highest BCUT2D eigenvalue weighted by Gasteiger charge is 2.05. The van der Waals surface area contributed by atoms with E-state index in [1.807, 2.05) is 6.92 Å². The minimum atomic E-state index is 0.321. The SMILES string of the molecule is Cc1cn2c(N)nnc2c(N)n1. The summed E-state index contributed by atoms with van der Waals surface area (Å²) < 4.78 is 1.61. The van der Waals surface area contributed by atoms with Gasteiger partial charge >= 0.3 is 0 Å². The smallest absolute Gasteiger partial charge is 0.226 e. The Balaban J connectivity index is 2.92. The first-order valence-corrected chi connectivity index (χ1v) is 3.42. The fourth-order valence-corrected chi connectivity index (χ4v) is 1.06. The van der Waals surface area contributed by atoms with Crippen molar-refractivity contribution in [1.82, 2.24) is 19.6 Å². The average molecular weight is 164 g/mol. The van der Waals surface area contributed by atoms with Crippen LogP contribution in [0.1, 0.15) is 5.69 Å². The first-order valence-electron chi connectivity index (χ1n) is 3.42. The van der Waals surface area contributed by atoms with E-state index in [2.05, 4.69) is 15.2 Å². The van der Waals surface area contributed by atoms with E-state index in [4.69, 9.17) is 11.5 Å². The van der Waals surface area contributed by atoms with Crippen molar-refractivity contribution in [1.29, 1.82) is 0 Å². The molecule has 0 amide bonds. The highest BCUT2D eigenvalue weighted by atomic mass is 15.3. The topological polar surface area (TPSA) is 95.1 Å². The van der Waals surface area contributed by atoms with Gasteiger partial charge in [0.1, 0.15) is 0 Å². The predicted octanol–water partition coefficient (Wildman–Crippen LogP) is -0.403. The molecule has 62 valence electrons. The fraction of sp³-hybridized carbons (Fsp3) is 0.167. The third-order valence-corrected chi connectivity index (χ3v) is 1.56. The lowest BCUT2D eigenvalue weighted by Gasteiger charge is -1.98. The molecule has 0 saturated carbocycles. The second-order valence-corrected chi connectivity index (χ2v) is 2.52. The molecule has 12 heavy (non-hydrogen) atoms. The molecule has 6 nitrogen and oxygen atoms in total. The molecule has 0 radical (unpaired) electrons. The molecule has 0 aliphatic carbocycles. The Bertz CT molecular complexity index is 431. The van der Waals surface area contributed by atoms with Crippen molar-refractivity contribution in [2.24, 2.45) is 0 Å². The minimum Gasteiger partial charge on any atom is -0.381 e. The van der Waals surface area contributed by atoms with Gasteiger partial charge in [0, 0.05) is 6.20 Å². The van der Waals surface area contributed by atoms with Crippen LogP contribution < -0.4 is 11.5 Å². The highest BCUT2D eigenvalue weighted by molar-refractivity contribution is 5.61. The molecule has 2 aromatic heterocycles. The Labute approximate surface area is 68.2 Å². The number of nitrogens with two attached hydrogens (primary N) is 2. The summed E-state index contributed by atoms with van der Waals surface area (Å²) in [6.07, 6.45) is 1.74. The van der Waals surface area contributed by atoms with Crippen molar-refractivity contribution in [3.63, 3.8) is 0 Å². The van der Waals surface area contributed by atoms with E-state index in [1.165, 1.54) is 0 Å². The van der Waals surface area contributed by atoms with Crippen LogP contribution in [0.15, 0.2) is 6.20 Å². The second kappa shape index (κ2) is 2.07. The van der Waals surface area contributed by atoms with E-state index < -0.39 is 0 Å². The monoisotopic (exact) mass is 164 g/mol. The van der Waals surface area contributed by atoms with Gasteiger partial charge in [-0.15, -0.1) is 10.2 Å². The molecule has 4 N–H and O–H groups in total. The Morgan fingerprint density at radius 1 is 1.33 bits per heavy atom. The number of nitrogens with zero attached hydrogens (tertiary/aromatic N) is 4. The van der Waals surface area contributed by atoms with Gasteiger partial charge < -0.3 is 11.5 Å². The summed E-state index contributed by atoms with van der Waals surface area (Å²) in [5.74, 6) is 0.668. The van der Waals surface area contributed by atoms with Crippen LogP contribution >= 0.6 is 0 Å². The molecule has 0 fully saturated rings. The maximum absolute atomic E-state index is 5.58. The van der Waals surface area contributed by atoms with Crippen LogP contribution in [0.25, 0.3) is 5.65 Å². The van der Waals surface area contributed by atoms with Crippen LogP contribution in [0, 0.1) is 6.92 Å². The average Bonchev–Trinajstić information content (AvgIpc) is 2.33. The number of nitrogen functional groups attached to an aromatic ring is 2. The molecular weight excluding hydrogens is 156 g/mol. The fourth-order valence-electron chi connectivity index (χ4n) is 1.06. The second-order valence-electron chi connectivity index (χ2n) is 2.52. The standard InChI is InChI=1S/C6H8N6/c1-3-2-12-5(4(7)9-3)10-11-6(12)8/h2H,1H3,(H2,7,9)(H2,8,11). The number of hydrogen-bond acceptors (Lipinski definition) is 5. The quantitative estimate of drug-likeness (QED) is 0.552. The Kier molecular flexibility index (Phi) is 1.18. The van der Waals surface area contributed by atoms with Crippen LogP contribution in [0.2, 0.25) is 0 Å². The van der Waals surface area contributed by atoms with Crippen molar-refractivity contribution in [3.8, 4) is 0 Å². The summed E-state index contributed by atoms with van der Waals surface area (Å²) in [4.78, 5) is 4.01. The molecule has 2 rings (SSSR count). The first-order chi connectivity index (χ1) is 5.68. The Morgan fingerprint density at radius 3 is 2.83 bits per heavy atom. The van der Waals surface area contributed by atoms with Crippen molar-refractivity contribution >= 4 is 17.4 Å². The molecule has 0 spiro atoms. The zero-order valence-corrected chi connectivity index (χ0v) is 6.52. The number of hydrogen-bond donors (Lipinski definition) is 2. The molecule has 0 saturated heterocycles. The van der Waals surface area contributed by atoms with Crippen molar-refractivity contribution in [2.75, 3.05) is 11.5 Å². The maximum Gasteiger partial charge on any atom is 0.226 e. The van der Waals surface area contributed by atoms with Gasteiger partial charge in [-0.25, -0.2) is 4.98 Å². The molecule has 0 bridgehead atoms. The Morgan fingerprint density at radius 2 is 2.08 bits per heavy atom. The lowest BCUT2D eigenvalue weighted by Crippen LogP contribution is -2.00. The van der Waals surface area contributed by atoms with Gasteiger partial charge in [0.25, 0.3) is 0 Å². The summed E-state index contributed by atoms with van der Waals surface area (Å²) in [5, 5.41) is 7.43. The van der Waals surface area contributed by atoms with Crippen LogP contribution in [0.5, 0.6) is 0 Å². The van der Waals surface area contributed by atoms with Crippen LogP contribution in [0.4, 0.5) is 11.8 Å². The molecule has 0 aliphatic rings. The van der Waals surface area contributed by atoms with E-state index in [9.17, 15) is 0 Å². The summed E-state index contributed by atoms with van der Waals surface area (Å²) in [5.41, 5.74) is 12.4. The summed E-state index contributed by atoms with van der Waals surface area (Å²) >= 11 is 0. The molecule has 0 aliphatic heterocycles. The molecule has 2 heterocycles.